The number of phenols is 1. The second-order valence-electron chi connectivity index (χ2n) is 11.8. The molecule has 0 saturated carbocycles. The van der Waals surface area contributed by atoms with Crippen molar-refractivity contribution in [3.05, 3.63) is 64.7 Å². The molecule has 1 fully saturated rings. The van der Waals surface area contributed by atoms with Crippen LogP contribution in [0.15, 0.2) is 42.5 Å². The van der Waals surface area contributed by atoms with Gasteiger partial charge in [-0.25, -0.2) is 4.79 Å². The maximum absolute atomic E-state index is 13.0. The van der Waals surface area contributed by atoms with Gasteiger partial charge in [-0.3, -0.25) is 14.5 Å². The molecule has 3 atom stereocenters. The van der Waals surface area contributed by atoms with Gasteiger partial charge in [-0.15, -0.1) is 0 Å². The number of rotatable bonds is 6. The summed E-state index contributed by atoms with van der Waals surface area (Å²) in [6.07, 6.45) is 1.58. The van der Waals surface area contributed by atoms with Crippen LogP contribution in [-0.4, -0.2) is 88.5 Å². The van der Waals surface area contributed by atoms with Crippen LogP contribution in [0.2, 0.25) is 0 Å². The second-order valence-corrected chi connectivity index (χ2v) is 11.8. The van der Waals surface area contributed by atoms with Crippen LogP contribution < -0.4 is 5.32 Å². The molecule has 1 unspecified atom stereocenters. The number of nitrogens with one attached hydrogen (secondary N) is 1. The third kappa shape index (κ3) is 7.77. The molecule has 3 N–H and O–H groups in total. The predicted octanol–water partition coefficient (Wildman–Crippen LogP) is 3.49. The average Bonchev–Trinajstić information content (AvgIpc) is 3.23. The minimum absolute atomic E-state index is 0.0205. The largest absolute Gasteiger partial charge is 0.508 e. The number of nitrogens with zero attached hydrogens (tertiary/aromatic N) is 2. The van der Waals surface area contributed by atoms with Crippen molar-refractivity contribution in [3.63, 3.8) is 0 Å². The van der Waals surface area contributed by atoms with Crippen molar-refractivity contribution in [3.8, 4) is 5.75 Å². The van der Waals surface area contributed by atoms with Gasteiger partial charge < -0.3 is 29.9 Å². The molecule has 0 bridgehead atoms. The maximum Gasteiger partial charge on any atom is 0.410 e. The zero-order valence-corrected chi connectivity index (χ0v) is 24.3. The van der Waals surface area contributed by atoms with Crippen LogP contribution in [0.3, 0.4) is 0 Å². The van der Waals surface area contributed by atoms with Gasteiger partial charge in [0.25, 0.3) is 11.8 Å². The molecular weight excluding hydrogens is 526 g/mol. The quantitative estimate of drug-likeness (QED) is 0.488. The lowest BCUT2D eigenvalue weighted by molar-refractivity contribution is -0.0113. The molecule has 4 rings (SSSR count). The molecule has 0 aromatic heterocycles. The van der Waals surface area contributed by atoms with Crippen molar-refractivity contribution in [1.82, 2.24) is 15.1 Å². The summed E-state index contributed by atoms with van der Waals surface area (Å²) in [4.78, 5) is 42.1. The van der Waals surface area contributed by atoms with Gasteiger partial charge in [0.05, 0.1) is 24.8 Å². The number of benzene rings is 2. The standard InChI is InChI=1S/C31H41N3O7/c1-31(2,3)41-30(39)34-18-23-15-25(35)13-12-22(23)16-26(34)27(36)17-32-28(37)20-8-10-21(11-9-20)29(38)33(4)24-7-5-6-14-40-19-24/h8-13,15,24,26-27,35-36H,5-7,14,16-19H2,1-4H3,(H,32,37)/t24?,26-,27+/m0/s1. The summed E-state index contributed by atoms with van der Waals surface area (Å²) in [5, 5.41) is 23.8. The normalized spacial score (nSPS) is 19.9. The number of ether oxygens (including phenoxy) is 2. The summed E-state index contributed by atoms with van der Waals surface area (Å²) in [5.41, 5.74) is 1.77. The summed E-state index contributed by atoms with van der Waals surface area (Å²) < 4.78 is 11.2. The fraction of sp³-hybridized carbons (Fsp3) is 0.516. The molecule has 0 aliphatic carbocycles. The van der Waals surface area contributed by atoms with E-state index >= 15 is 0 Å². The molecule has 0 radical (unpaired) electrons. The number of aliphatic hydroxyl groups is 1. The molecule has 41 heavy (non-hydrogen) atoms. The molecule has 2 aliphatic heterocycles. The SMILES string of the molecule is CN(C(=O)c1ccc(C(=O)NC[C@@H](O)[C@@H]2Cc3ccc(O)cc3CN2C(=O)OC(C)(C)C)cc1)C1CCCCOC1. The van der Waals surface area contributed by atoms with Crippen molar-refractivity contribution in [2.45, 2.75) is 76.8 Å². The first-order chi connectivity index (χ1) is 19.4. The first kappa shape index (κ1) is 30.3. The van der Waals surface area contributed by atoms with Crippen molar-refractivity contribution >= 4 is 17.9 Å². The van der Waals surface area contributed by atoms with Crippen molar-refractivity contribution in [2.75, 3.05) is 26.8 Å². The summed E-state index contributed by atoms with van der Waals surface area (Å²) in [6, 6.07) is 10.7. The Morgan fingerprint density at radius 1 is 1.10 bits per heavy atom. The van der Waals surface area contributed by atoms with Gasteiger partial charge in [0.15, 0.2) is 0 Å². The van der Waals surface area contributed by atoms with Gasteiger partial charge in [0, 0.05) is 37.9 Å². The second kappa shape index (κ2) is 12.9. The highest BCUT2D eigenvalue weighted by Crippen LogP contribution is 2.29. The van der Waals surface area contributed by atoms with E-state index in [1.54, 1.807) is 75.2 Å². The lowest BCUT2D eigenvalue weighted by Gasteiger charge is -2.40. The molecule has 10 heteroatoms. The van der Waals surface area contributed by atoms with Gasteiger partial charge in [-0.1, -0.05) is 6.07 Å². The lowest BCUT2D eigenvalue weighted by Crippen LogP contribution is -2.54. The number of carbonyl (C=O) groups excluding carboxylic acids is 3. The third-order valence-corrected chi connectivity index (χ3v) is 7.55. The average molecular weight is 568 g/mol. The van der Waals surface area contributed by atoms with E-state index < -0.39 is 29.7 Å². The Kier molecular flexibility index (Phi) is 9.55. The number of carbonyl (C=O) groups is 3. The van der Waals surface area contributed by atoms with Crippen molar-refractivity contribution in [1.29, 1.82) is 0 Å². The molecular formula is C31H41N3O7. The van der Waals surface area contributed by atoms with E-state index in [4.69, 9.17) is 9.47 Å². The smallest absolute Gasteiger partial charge is 0.410 e. The summed E-state index contributed by atoms with van der Waals surface area (Å²) in [5.74, 6) is -0.438. The number of aliphatic hydroxyl groups excluding tert-OH is 1. The Balaban J connectivity index is 1.39. The highest BCUT2D eigenvalue weighted by Gasteiger charge is 2.37. The Morgan fingerprint density at radius 2 is 1.80 bits per heavy atom. The van der Waals surface area contributed by atoms with Crippen LogP contribution >= 0.6 is 0 Å². The van der Waals surface area contributed by atoms with E-state index in [0.29, 0.717) is 30.8 Å². The Hall–Kier alpha value is -3.63. The molecule has 222 valence electrons. The lowest BCUT2D eigenvalue weighted by atomic mass is 9.91. The molecule has 2 heterocycles. The van der Waals surface area contributed by atoms with Crippen LogP contribution in [0, 0.1) is 0 Å². The molecule has 2 aromatic carbocycles. The third-order valence-electron chi connectivity index (χ3n) is 7.55. The topological polar surface area (TPSA) is 129 Å². The predicted molar refractivity (Wildman–Crippen MR) is 153 cm³/mol. The molecule has 2 aliphatic rings. The van der Waals surface area contributed by atoms with Crippen LogP contribution in [0.1, 0.15) is 71.9 Å². The Bertz CT molecular complexity index is 1230. The zero-order valence-electron chi connectivity index (χ0n) is 24.3. The number of hydrogen-bond donors (Lipinski definition) is 3. The first-order valence-electron chi connectivity index (χ1n) is 14.1. The van der Waals surface area contributed by atoms with Crippen molar-refractivity contribution in [2.24, 2.45) is 0 Å². The van der Waals surface area contributed by atoms with Gasteiger partial charge in [0.2, 0.25) is 0 Å². The van der Waals surface area contributed by atoms with Crippen LogP contribution in [-0.2, 0) is 22.4 Å². The number of aromatic hydroxyl groups is 1. The number of phenolic OH excluding ortho intramolecular Hbond substituents is 1. The monoisotopic (exact) mass is 567 g/mol. The van der Waals surface area contributed by atoms with Gasteiger partial charge in [-0.2, -0.15) is 0 Å². The van der Waals surface area contributed by atoms with E-state index in [1.165, 1.54) is 4.90 Å². The molecule has 10 nitrogen and oxygen atoms in total. The first-order valence-corrected chi connectivity index (χ1v) is 14.1. The van der Waals surface area contributed by atoms with E-state index in [9.17, 15) is 24.6 Å². The van der Waals surface area contributed by atoms with E-state index in [2.05, 4.69) is 5.32 Å². The minimum Gasteiger partial charge on any atom is -0.508 e. The summed E-state index contributed by atoms with van der Waals surface area (Å²) in [7, 11) is 1.77. The number of hydrogen-bond acceptors (Lipinski definition) is 7. The number of fused-ring (bicyclic) bond motifs is 1. The molecule has 0 spiro atoms. The Labute approximate surface area is 241 Å². The fourth-order valence-corrected chi connectivity index (χ4v) is 5.22. The van der Waals surface area contributed by atoms with E-state index in [-0.39, 0.29) is 30.8 Å². The summed E-state index contributed by atoms with van der Waals surface area (Å²) >= 11 is 0. The van der Waals surface area contributed by atoms with E-state index in [1.807, 2.05) is 0 Å². The van der Waals surface area contributed by atoms with Crippen LogP contribution in [0.5, 0.6) is 5.75 Å². The maximum atomic E-state index is 13.0. The highest BCUT2D eigenvalue weighted by atomic mass is 16.6. The highest BCUT2D eigenvalue weighted by molar-refractivity contribution is 5.97. The number of likely N-dealkylation sites (N-methyl/N-ethyl adjacent to an activating group) is 1. The summed E-state index contributed by atoms with van der Waals surface area (Å²) in [6.45, 7) is 6.60. The zero-order chi connectivity index (χ0) is 29.7. The van der Waals surface area contributed by atoms with E-state index in [0.717, 1.165) is 30.4 Å². The number of amides is 3. The fourth-order valence-electron chi connectivity index (χ4n) is 5.22. The molecule has 3 amide bonds. The molecule has 1 saturated heterocycles. The van der Waals surface area contributed by atoms with Crippen molar-refractivity contribution < 1.29 is 34.1 Å². The van der Waals surface area contributed by atoms with Gasteiger partial charge in [0.1, 0.15) is 11.4 Å². The van der Waals surface area contributed by atoms with Gasteiger partial charge in [-0.05, 0) is 94.0 Å². The minimum atomic E-state index is -1.08. The Morgan fingerprint density at radius 3 is 2.51 bits per heavy atom. The van der Waals surface area contributed by atoms with Crippen LogP contribution in [0.4, 0.5) is 4.79 Å². The molecule has 2 aromatic rings. The van der Waals surface area contributed by atoms with Gasteiger partial charge >= 0.3 is 6.09 Å². The van der Waals surface area contributed by atoms with Crippen LogP contribution in [0.25, 0.3) is 0 Å².